The summed E-state index contributed by atoms with van der Waals surface area (Å²) in [4.78, 5) is 17.9. The summed E-state index contributed by atoms with van der Waals surface area (Å²) in [5, 5.41) is 17.9. The Morgan fingerprint density at radius 2 is 0.292 bits per heavy atom. The van der Waals surface area contributed by atoms with E-state index < -0.39 is 11.9 Å². The molecule has 0 atom stereocenters. The molecule has 0 unspecified atom stereocenters. The van der Waals surface area contributed by atoms with Gasteiger partial charge in [0.15, 0.2) is 0 Å². The van der Waals surface area contributed by atoms with Gasteiger partial charge in [-0.15, -0.1) is 0 Å². The van der Waals surface area contributed by atoms with Gasteiger partial charge < -0.3 is 28.8 Å². The normalized spacial score (nSPS) is 11.6. The molecule has 0 saturated carbocycles. The van der Waals surface area contributed by atoms with Gasteiger partial charge in [-0.2, -0.15) is 0 Å². The third-order valence-electron chi connectivity index (χ3n) is 16.1. The van der Waals surface area contributed by atoms with Crippen molar-refractivity contribution < 1.29 is 28.8 Å². The minimum Gasteiger partial charge on any atom is -0.543 e. The lowest BCUT2D eigenvalue weighted by Gasteiger charge is -2.40. The Morgan fingerprint density at radius 3 is 0.389 bits per heavy atom. The molecule has 0 aliphatic carbocycles. The average molecular weight is 1020 g/mol. The highest BCUT2D eigenvalue weighted by Crippen LogP contribution is 2.23. The lowest BCUT2D eigenvalue weighted by molar-refractivity contribution is -0.929. The molecular weight excluding hydrogens is 885 g/mol. The zero-order valence-electron chi connectivity index (χ0n) is 51.1. The van der Waals surface area contributed by atoms with Gasteiger partial charge in [0.1, 0.15) is 0 Å². The lowest BCUT2D eigenvalue weighted by atomic mass is 10.0. The van der Waals surface area contributed by atoms with E-state index in [0.29, 0.717) is 0 Å². The first kappa shape index (κ1) is 75.1. The number of aliphatic carboxylic acids is 2. The van der Waals surface area contributed by atoms with Crippen molar-refractivity contribution in [3.63, 3.8) is 0 Å². The van der Waals surface area contributed by atoms with Gasteiger partial charge in [0.2, 0.25) is 0 Å². The van der Waals surface area contributed by atoms with E-state index in [1.165, 1.54) is 370 Å². The van der Waals surface area contributed by atoms with Crippen molar-refractivity contribution in [2.75, 3.05) is 52.4 Å². The Kier molecular flexibility index (Phi) is 65.1. The monoisotopic (exact) mass is 1020 g/mol. The molecule has 0 aromatic carbocycles. The van der Waals surface area contributed by atoms with E-state index in [9.17, 15) is 0 Å². The maximum atomic E-state index is 8.93. The number of rotatable bonds is 56. The second kappa shape index (κ2) is 62.4. The van der Waals surface area contributed by atoms with Gasteiger partial charge in [0, 0.05) is 0 Å². The first-order chi connectivity index (χ1) is 35.1. The molecule has 0 aromatic rings. The average Bonchev–Trinajstić information content (AvgIpc) is 3.37. The second-order valence-electron chi connectivity index (χ2n) is 23.2. The number of hydrogen-bond donors (Lipinski definition) is 0. The fourth-order valence-corrected chi connectivity index (χ4v) is 11.2. The molecule has 6 heteroatoms. The van der Waals surface area contributed by atoms with E-state index in [1.54, 1.807) is 0 Å². The summed E-state index contributed by atoms with van der Waals surface area (Å²) in [6.45, 7) is 30.5. The lowest BCUT2D eigenvalue weighted by Crippen LogP contribution is -2.50. The van der Waals surface area contributed by atoms with Crippen LogP contribution in [0, 0.1) is 0 Å². The SMILES string of the molecule is CCCCCCCC[N+](CCCCCCCC)(CCCCCCCC)CCCCCCCC.CCCCCCCC[N+](CCCCCCCC)(CCCCCCCC)CCCCCCCC.O=C([O-])C(=O)[O-]. The maximum absolute atomic E-state index is 8.93. The molecule has 0 amide bonds. The van der Waals surface area contributed by atoms with Crippen LogP contribution in [0.25, 0.3) is 0 Å². The van der Waals surface area contributed by atoms with E-state index >= 15 is 0 Å². The van der Waals surface area contributed by atoms with Crippen molar-refractivity contribution in [2.45, 2.75) is 364 Å². The minimum absolute atomic E-state index is 1.37. The summed E-state index contributed by atoms with van der Waals surface area (Å²) in [5.41, 5.74) is 0. The molecule has 0 radical (unpaired) electrons. The van der Waals surface area contributed by atoms with Gasteiger partial charge in [0.05, 0.1) is 64.3 Å². The van der Waals surface area contributed by atoms with Crippen LogP contribution >= 0.6 is 0 Å². The Morgan fingerprint density at radius 1 is 0.194 bits per heavy atom. The van der Waals surface area contributed by atoms with Gasteiger partial charge in [-0.05, 0) is 103 Å². The van der Waals surface area contributed by atoms with Crippen molar-refractivity contribution >= 4 is 11.9 Å². The topological polar surface area (TPSA) is 80.3 Å². The fourth-order valence-electron chi connectivity index (χ4n) is 11.2. The van der Waals surface area contributed by atoms with Crippen LogP contribution in [0.1, 0.15) is 364 Å². The molecule has 0 spiro atoms. The minimum atomic E-state index is -2.19. The number of carboxylic acids is 2. The third kappa shape index (κ3) is 56.6. The molecule has 0 heterocycles. The van der Waals surface area contributed by atoms with Crippen LogP contribution < -0.4 is 10.2 Å². The maximum Gasteiger partial charge on any atom is 0.0870 e. The van der Waals surface area contributed by atoms with Crippen molar-refractivity contribution in [3.05, 3.63) is 0 Å². The van der Waals surface area contributed by atoms with E-state index in [1.807, 2.05) is 0 Å². The Hall–Kier alpha value is -1.14. The van der Waals surface area contributed by atoms with Crippen molar-refractivity contribution in [3.8, 4) is 0 Å². The second-order valence-corrected chi connectivity index (χ2v) is 23.2. The molecule has 0 aliphatic heterocycles. The summed E-state index contributed by atoms with van der Waals surface area (Å²) in [6.07, 6.45) is 69.5. The van der Waals surface area contributed by atoms with Crippen LogP contribution in [0.4, 0.5) is 0 Å². The number of hydrogen-bond acceptors (Lipinski definition) is 4. The number of unbranched alkanes of at least 4 members (excludes halogenated alkanes) is 40. The van der Waals surface area contributed by atoms with Crippen molar-refractivity contribution in [2.24, 2.45) is 0 Å². The van der Waals surface area contributed by atoms with E-state index in [4.69, 9.17) is 19.8 Å². The summed E-state index contributed by atoms with van der Waals surface area (Å²) in [7, 11) is 0. The summed E-state index contributed by atoms with van der Waals surface area (Å²) in [5.74, 6) is -4.37. The zero-order chi connectivity index (χ0) is 53.8. The predicted molar refractivity (Wildman–Crippen MR) is 316 cm³/mol. The Balaban J connectivity index is -0.00000118. The van der Waals surface area contributed by atoms with Gasteiger partial charge in [-0.1, -0.05) is 261 Å². The smallest absolute Gasteiger partial charge is 0.0870 e. The molecule has 0 saturated heterocycles. The number of nitrogens with zero attached hydrogens (tertiary/aromatic N) is 2. The quantitative estimate of drug-likeness (QED) is 0.0345. The molecule has 0 aromatic heterocycles. The summed E-state index contributed by atoms with van der Waals surface area (Å²) >= 11 is 0. The van der Waals surface area contributed by atoms with Crippen molar-refractivity contribution in [1.29, 1.82) is 0 Å². The number of carbonyl (C=O) groups is 2. The highest BCUT2D eigenvalue weighted by molar-refractivity contribution is 6.25. The van der Waals surface area contributed by atoms with Crippen LogP contribution in [0.2, 0.25) is 0 Å². The fraction of sp³-hybridized carbons (Fsp3) is 0.970. The number of carboxylic acid groups (broad SMARTS) is 2. The number of carbonyl (C=O) groups excluding carboxylic acids is 2. The molecule has 6 nitrogen and oxygen atoms in total. The molecule has 0 aliphatic rings. The summed E-state index contributed by atoms with van der Waals surface area (Å²) < 4.78 is 2.95. The zero-order valence-corrected chi connectivity index (χ0v) is 51.1. The van der Waals surface area contributed by atoms with Gasteiger partial charge >= 0.3 is 0 Å². The van der Waals surface area contributed by atoms with Crippen LogP contribution in [0.5, 0.6) is 0 Å². The van der Waals surface area contributed by atoms with Crippen molar-refractivity contribution in [1.82, 2.24) is 0 Å². The molecule has 434 valence electrons. The molecule has 0 rings (SSSR count). The molecular formula is C66H136N2O4. The van der Waals surface area contributed by atoms with Crippen LogP contribution in [0.15, 0.2) is 0 Å². The Labute approximate surface area is 454 Å². The van der Waals surface area contributed by atoms with Crippen LogP contribution in [0.3, 0.4) is 0 Å². The largest absolute Gasteiger partial charge is 0.543 e. The first-order valence-electron chi connectivity index (χ1n) is 33.3. The van der Waals surface area contributed by atoms with Crippen LogP contribution in [-0.4, -0.2) is 73.3 Å². The highest BCUT2D eigenvalue weighted by atomic mass is 16.4. The molecule has 0 N–H and O–H groups in total. The van der Waals surface area contributed by atoms with Gasteiger partial charge in [-0.25, -0.2) is 0 Å². The standard InChI is InChI=1S/2C32H68N.C2H2O4/c2*1-5-9-13-17-21-25-29-33(30-26-22-18-14-10-6-2,31-27-23-19-15-11-7-3)32-28-24-20-16-12-8-4;3-1(4)2(5)6/h2*5-32H2,1-4H3;(H,3,4)(H,5,6)/q2*+1;/p-2. The first-order valence-corrected chi connectivity index (χ1v) is 33.3. The van der Waals surface area contributed by atoms with Crippen LogP contribution in [-0.2, 0) is 9.59 Å². The molecule has 0 bridgehead atoms. The van der Waals surface area contributed by atoms with E-state index in [0.717, 1.165) is 0 Å². The molecule has 0 fully saturated rings. The van der Waals surface area contributed by atoms with Gasteiger partial charge in [-0.3, -0.25) is 0 Å². The van der Waals surface area contributed by atoms with Gasteiger partial charge in [0.25, 0.3) is 0 Å². The third-order valence-corrected chi connectivity index (χ3v) is 16.1. The van der Waals surface area contributed by atoms with E-state index in [-0.39, 0.29) is 0 Å². The molecule has 72 heavy (non-hydrogen) atoms. The highest BCUT2D eigenvalue weighted by Gasteiger charge is 2.27. The summed E-state index contributed by atoms with van der Waals surface area (Å²) in [6, 6.07) is 0. The predicted octanol–water partition coefficient (Wildman–Crippen LogP) is 19.0. The Bertz CT molecular complexity index is 816. The number of quaternary nitrogens is 2. The van der Waals surface area contributed by atoms with E-state index in [2.05, 4.69) is 55.4 Å².